The fourth-order valence-corrected chi connectivity index (χ4v) is 2.35. The summed E-state index contributed by atoms with van der Waals surface area (Å²) < 4.78 is 27.0. The van der Waals surface area contributed by atoms with Crippen molar-refractivity contribution in [2.24, 2.45) is 0 Å². The third-order valence-corrected chi connectivity index (χ3v) is 3.40. The second kappa shape index (κ2) is 5.69. The Balaban J connectivity index is 2.01. The van der Waals surface area contributed by atoms with Crippen LogP contribution >= 0.6 is 0 Å². The second-order valence-electron chi connectivity index (χ2n) is 4.79. The smallest absolute Gasteiger partial charge is 0.340 e. The molecule has 0 amide bonds. The monoisotopic (exact) mass is 295 g/mol. The lowest BCUT2D eigenvalue weighted by Gasteiger charge is -2.24. The van der Waals surface area contributed by atoms with E-state index in [9.17, 15) is 4.79 Å². The van der Waals surface area contributed by atoms with Gasteiger partial charge in [0.05, 0.1) is 31.6 Å². The number of carbonyl (C=O) groups is 1. The standard InChI is InChI=1S/C14H17NO6/c1-17-14(16)9-6-10(21-8-2-3-18-7-8)12-13(11(9)15)20-5-4-19-12/h6,8H,2-5,7,15H2,1H3/t8-/m0/s1. The molecule has 1 aromatic carbocycles. The molecule has 3 rings (SSSR count). The van der Waals surface area contributed by atoms with Gasteiger partial charge in [-0.2, -0.15) is 0 Å². The average Bonchev–Trinajstić information content (AvgIpc) is 3.02. The van der Waals surface area contributed by atoms with E-state index >= 15 is 0 Å². The van der Waals surface area contributed by atoms with Crippen molar-refractivity contribution in [3.8, 4) is 17.2 Å². The maximum Gasteiger partial charge on any atom is 0.340 e. The Labute approximate surface area is 121 Å². The highest BCUT2D eigenvalue weighted by atomic mass is 16.6. The van der Waals surface area contributed by atoms with E-state index in [1.165, 1.54) is 13.2 Å². The Morgan fingerprint density at radius 1 is 1.29 bits per heavy atom. The van der Waals surface area contributed by atoms with E-state index in [1.54, 1.807) is 0 Å². The number of fused-ring (bicyclic) bond motifs is 1. The van der Waals surface area contributed by atoms with Gasteiger partial charge < -0.3 is 29.4 Å². The van der Waals surface area contributed by atoms with Crippen LogP contribution in [0.2, 0.25) is 0 Å². The number of esters is 1. The normalized spacial score (nSPS) is 20.1. The van der Waals surface area contributed by atoms with Gasteiger partial charge in [-0.1, -0.05) is 0 Å². The number of nitrogens with two attached hydrogens (primary N) is 1. The fraction of sp³-hybridized carbons (Fsp3) is 0.500. The van der Waals surface area contributed by atoms with Crippen LogP contribution in [0.15, 0.2) is 6.07 Å². The Bertz CT molecular complexity index is 553. The molecule has 7 nitrogen and oxygen atoms in total. The van der Waals surface area contributed by atoms with Crippen molar-refractivity contribution in [2.75, 3.05) is 39.3 Å². The number of ether oxygens (including phenoxy) is 5. The molecule has 114 valence electrons. The number of hydrogen-bond donors (Lipinski definition) is 1. The van der Waals surface area contributed by atoms with Crippen molar-refractivity contribution in [1.82, 2.24) is 0 Å². The molecule has 0 radical (unpaired) electrons. The first-order valence-corrected chi connectivity index (χ1v) is 6.75. The van der Waals surface area contributed by atoms with Gasteiger partial charge in [0.25, 0.3) is 0 Å². The predicted molar refractivity (Wildman–Crippen MR) is 73.0 cm³/mol. The molecule has 0 aromatic heterocycles. The SMILES string of the molecule is COC(=O)c1cc(O[C@H]2CCOC2)c2c(c1N)OCCO2. The van der Waals surface area contributed by atoms with Crippen LogP contribution in [0.5, 0.6) is 17.2 Å². The van der Waals surface area contributed by atoms with Gasteiger partial charge in [0, 0.05) is 12.5 Å². The Morgan fingerprint density at radius 2 is 2.05 bits per heavy atom. The summed E-state index contributed by atoms with van der Waals surface area (Å²) in [5, 5.41) is 0. The van der Waals surface area contributed by atoms with Crippen LogP contribution in [0.4, 0.5) is 5.69 Å². The van der Waals surface area contributed by atoms with Crippen LogP contribution in [0.25, 0.3) is 0 Å². The van der Waals surface area contributed by atoms with Crippen LogP contribution in [-0.4, -0.2) is 45.6 Å². The molecule has 1 saturated heterocycles. The highest BCUT2D eigenvalue weighted by molar-refractivity contribution is 5.98. The van der Waals surface area contributed by atoms with Crippen LogP contribution < -0.4 is 19.9 Å². The summed E-state index contributed by atoms with van der Waals surface area (Å²) in [6.45, 7) is 1.94. The number of hydrogen-bond acceptors (Lipinski definition) is 7. The Kier molecular flexibility index (Phi) is 3.74. The summed E-state index contributed by atoms with van der Waals surface area (Å²) in [5.41, 5.74) is 6.38. The van der Waals surface area contributed by atoms with E-state index in [0.717, 1.165) is 6.42 Å². The number of benzene rings is 1. The summed E-state index contributed by atoms with van der Waals surface area (Å²) in [6, 6.07) is 1.53. The third kappa shape index (κ3) is 2.56. The second-order valence-corrected chi connectivity index (χ2v) is 4.79. The molecule has 0 bridgehead atoms. The van der Waals surface area contributed by atoms with Crippen LogP contribution in [0.1, 0.15) is 16.8 Å². The molecule has 2 N–H and O–H groups in total. The minimum absolute atomic E-state index is 0.0752. The van der Waals surface area contributed by atoms with Crippen molar-refractivity contribution in [3.05, 3.63) is 11.6 Å². The van der Waals surface area contributed by atoms with Gasteiger partial charge in [0.1, 0.15) is 19.3 Å². The van der Waals surface area contributed by atoms with Gasteiger partial charge in [0.15, 0.2) is 11.5 Å². The molecule has 21 heavy (non-hydrogen) atoms. The van der Waals surface area contributed by atoms with Gasteiger partial charge in [-0.05, 0) is 0 Å². The summed E-state index contributed by atoms with van der Waals surface area (Å²) >= 11 is 0. The number of nitrogen functional groups attached to an aromatic ring is 1. The van der Waals surface area contributed by atoms with Gasteiger partial charge in [-0.15, -0.1) is 0 Å². The largest absolute Gasteiger partial charge is 0.484 e. The first-order chi connectivity index (χ1) is 10.2. The van der Waals surface area contributed by atoms with Crippen molar-refractivity contribution in [3.63, 3.8) is 0 Å². The van der Waals surface area contributed by atoms with E-state index in [-0.39, 0.29) is 17.4 Å². The molecule has 0 unspecified atom stereocenters. The summed E-state index contributed by atoms with van der Waals surface area (Å²) in [6.07, 6.45) is 0.710. The predicted octanol–water partition coefficient (Wildman–Crippen LogP) is 0.994. The number of rotatable bonds is 3. The molecule has 0 saturated carbocycles. The first-order valence-electron chi connectivity index (χ1n) is 6.75. The van der Waals surface area contributed by atoms with Crippen molar-refractivity contribution in [2.45, 2.75) is 12.5 Å². The van der Waals surface area contributed by atoms with Gasteiger partial charge >= 0.3 is 5.97 Å². The van der Waals surface area contributed by atoms with E-state index in [0.29, 0.717) is 43.7 Å². The van der Waals surface area contributed by atoms with Crippen molar-refractivity contribution >= 4 is 11.7 Å². The van der Waals surface area contributed by atoms with Gasteiger partial charge in [-0.3, -0.25) is 0 Å². The third-order valence-electron chi connectivity index (χ3n) is 3.40. The Morgan fingerprint density at radius 3 is 2.71 bits per heavy atom. The molecular weight excluding hydrogens is 278 g/mol. The van der Waals surface area contributed by atoms with E-state index in [1.807, 2.05) is 0 Å². The molecule has 0 aliphatic carbocycles. The fourth-order valence-electron chi connectivity index (χ4n) is 2.35. The lowest BCUT2D eigenvalue weighted by atomic mass is 10.1. The molecule has 1 aromatic rings. The van der Waals surface area contributed by atoms with E-state index in [4.69, 9.17) is 29.4 Å². The zero-order chi connectivity index (χ0) is 14.8. The van der Waals surface area contributed by atoms with Crippen molar-refractivity contribution < 1.29 is 28.5 Å². The van der Waals surface area contributed by atoms with E-state index < -0.39 is 5.97 Å². The number of methoxy groups -OCH3 is 1. The zero-order valence-electron chi connectivity index (χ0n) is 11.7. The lowest BCUT2D eigenvalue weighted by molar-refractivity contribution is 0.0599. The minimum Gasteiger partial charge on any atom is -0.484 e. The lowest BCUT2D eigenvalue weighted by Crippen LogP contribution is -2.22. The maximum absolute atomic E-state index is 11.8. The first kappa shape index (κ1) is 13.8. The molecule has 2 aliphatic heterocycles. The van der Waals surface area contributed by atoms with Crippen LogP contribution in [0, 0.1) is 0 Å². The highest BCUT2D eigenvalue weighted by Gasteiger charge is 2.28. The van der Waals surface area contributed by atoms with Crippen LogP contribution in [-0.2, 0) is 9.47 Å². The number of anilines is 1. The molecular formula is C14H17NO6. The van der Waals surface area contributed by atoms with E-state index in [2.05, 4.69) is 0 Å². The van der Waals surface area contributed by atoms with Gasteiger partial charge in [-0.25, -0.2) is 4.79 Å². The topological polar surface area (TPSA) is 89.2 Å². The molecule has 2 heterocycles. The summed E-state index contributed by atoms with van der Waals surface area (Å²) in [5.74, 6) is 0.642. The molecule has 1 atom stereocenters. The van der Waals surface area contributed by atoms with Gasteiger partial charge in [0.2, 0.25) is 5.75 Å². The Hall–Kier alpha value is -2.15. The average molecular weight is 295 g/mol. The molecule has 1 fully saturated rings. The minimum atomic E-state index is -0.544. The highest BCUT2D eigenvalue weighted by Crippen LogP contribution is 2.46. The maximum atomic E-state index is 11.8. The molecule has 7 heteroatoms. The molecule has 2 aliphatic rings. The summed E-state index contributed by atoms with van der Waals surface area (Å²) in [7, 11) is 1.30. The van der Waals surface area contributed by atoms with Crippen molar-refractivity contribution in [1.29, 1.82) is 0 Å². The molecule has 0 spiro atoms. The summed E-state index contributed by atoms with van der Waals surface area (Å²) in [4.78, 5) is 11.8. The zero-order valence-corrected chi connectivity index (χ0v) is 11.7. The number of carbonyl (C=O) groups excluding carboxylic acids is 1. The van der Waals surface area contributed by atoms with Crippen LogP contribution in [0.3, 0.4) is 0 Å². The quantitative estimate of drug-likeness (QED) is 0.657.